The largest absolute Gasteiger partial charge is 0.444 e. The normalized spacial score (nSPS) is 28.9. The van der Waals surface area contributed by atoms with Gasteiger partial charge in [-0.2, -0.15) is 0 Å². The maximum atomic E-state index is 15.1. The summed E-state index contributed by atoms with van der Waals surface area (Å²) < 4.78 is 37.5. The zero-order valence-corrected chi connectivity index (χ0v) is 19.9. The van der Waals surface area contributed by atoms with Crippen molar-refractivity contribution in [1.82, 2.24) is 5.32 Å². The maximum absolute atomic E-state index is 15.1. The van der Waals surface area contributed by atoms with Crippen LogP contribution in [-0.4, -0.2) is 55.0 Å². The van der Waals surface area contributed by atoms with Crippen molar-refractivity contribution >= 4 is 17.9 Å². The first-order valence-electron chi connectivity index (χ1n) is 11.5. The van der Waals surface area contributed by atoms with Gasteiger partial charge in [0, 0.05) is 0 Å². The molecule has 2 aliphatic heterocycles. The lowest BCUT2D eigenvalue weighted by atomic mass is 9.81. The quantitative estimate of drug-likeness (QED) is 0.708. The highest BCUT2D eigenvalue weighted by molar-refractivity contribution is 5.89. The monoisotopic (exact) mass is 464 g/mol. The van der Waals surface area contributed by atoms with E-state index in [9.17, 15) is 9.59 Å². The number of hydrogen-bond acceptors (Lipinski definition) is 6. The summed E-state index contributed by atoms with van der Waals surface area (Å²) >= 11 is 0. The van der Waals surface area contributed by atoms with Crippen LogP contribution in [0.1, 0.15) is 65.4 Å². The molecule has 4 atom stereocenters. The molecule has 8 nitrogen and oxygen atoms in total. The fraction of sp³-hybridized carbons (Fsp3) is 0.667. The second-order valence-electron chi connectivity index (χ2n) is 10.4. The van der Waals surface area contributed by atoms with Crippen LogP contribution < -0.4 is 10.2 Å². The SMILES string of the molecule is CC(C)(C)OC(=O)NCC1CN(c2ccc(C3CCC4OC(C)(C)OC4C3)c(F)c2)C(=O)O1. The van der Waals surface area contributed by atoms with E-state index >= 15 is 4.39 Å². The highest BCUT2D eigenvalue weighted by atomic mass is 19.1. The van der Waals surface area contributed by atoms with E-state index in [1.54, 1.807) is 32.9 Å². The van der Waals surface area contributed by atoms with Crippen LogP contribution in [0.3, 0.4) is 0 Å². The molecule has 3 fully saturated rings. The number of hydrogen-bond donors (Lipinski definition) is 1. The van der Waals surface area contributed by atoms with Crippen molar-refractivity contribution in [3.05, 3.63) is 29.6 Å². The van der Waals surface area contributed by atoms with Gasteiger partial charge in [-0.3, -0.25) is 4.90 Å². The van der Waals surface area contributed by atoms with E-state index in [4.69, 9.17) is 18.9 Å². The minimum Gasteiger partial charge on any atom is -0.444 e. The topological polar surface area (TPSA) is 86.3 Å². The zero-order chi connectivity index (χ0) is 24.0. The molecule has 0 bridgehead atoms. The van der Waals surface area contributed by atoms with Gasteiger partial charge < -0.3 is 24.3 Å². The van der Waals surface area contributed by atoms with E-state index in [0.717, 1.165) is 12.8 Å². The smallest absolute Gasteiger partial charge is 0.414 e. The summed E-state index contributed by atoms with van der Waals surface area (Å²) in [6, 6.07) is 4.86. The number of nitrogens with zero attached hydrogens (tertiary/aromatic N) is 1. The summed E-state index contributed by atoms with van der Waals surface area (Å²) in [5, 5.41) is 2.60. The molecular formula is C24H33FN2O6. The Morgan fingerprint density at radius 3 is 2.67 bits per heavy atom. The number of cyclic esters (lactones) is 1. The molecule has 9 heteroatoms. The number of carbonyl (C=O) groups is 2. The van der Waals surface area contributed by atoms with Crippen LogP contribution in [-0.2, 0) is 18.9 Å². The standard InChI is InChI=1S/C24H33FN2O6/c1-23(2,3)33-21(28)26-12-16-13-27(22(29)30-16)15-7-8-17(18(25)11-15)14-6-9-19-20(10-14)32-24(4,5)31-19/h7-8,11,14,16,19-20H,6,9-10,12-13H2,1-5H3,(H,26,28). The molecule has 1 N–H and O–H groups in total. The van der Waals surface area contributed by atoms with Crippen LogP contribution in [0.5, 0.6) is 0 Å². The minimum absolute atomic E-state index is 0.0362. The van der Waals surface area contributed by atoms with Gasteiger partial charge in [-0.05, 0) is 77.5 Å². The molecule has 1 aromatic carbocycles. The molecule has 182 valence electrons. The minimum atomic E-state index is -0.617. The maximum Gasteiger partial charge on any atom is 0.414 e. The zero-order valence-electron chi connectivity index (χ0n) is 19.9. The number of alkyl carbamates (subject to hydrolysis) is 1. The van der Waals surface area contributed by atoms with Gasteiger partial charge in [0.1, 0.15) is 17.5 Å². The van der Waals surface area contributed by atoms with Crippen molar-refractivity contribution in [2.24, 2.45) is 0 Å². The predicted molar refractivity (Wildman–Crippen MR) is 119 cm³/mol. The van der Waals surface area contributed by atoms with Crippen molar-refractivity contribution in [2.75, 3.05) is 18.0 Å². The van der Waals surface area contributed by atoms with E-state index in [-0.39, 0.29) is 37.0 Å². The molecule has 1 aromatic rings. The van der Waals surface area contributed by atoms with Gasteiger partial charge in [-0.15, -0.1) is 0 Å². The second kappa shape index (κ2) is 8.76. The Kier molecular flexibility index (Phi) is 6.30. The third kappa shape index (κ3) is 5.58. The van der Waals surface area contributed by atoms with Crippen molar-refractivity contribution in [3.8, 4) is 0 Å². The number of carbonyl (C=O) groups excluding carboxylic acids is 2. The Labute approximate surface area is 193 Å². The lowest BCUT2D eigenvalue weighted by Gasteiger charge is -2.30. The van der Waals surface area contributed by atoms with Crippen LogP contribution >= 0.6 is 0 Å². The molecule has 3 aliphatic rings. The van der Waals surface area contributed by atoms with E-state index in [2.05, 4.69) is 5.32 Å². The highest BCUT2D eigenvalue weighted by Gasteiger charge is 2.45. The summed E-state index contributed by atoms with van der Waals surface area (Å²) in [5.41, 5.74) is 0.436. The predicted octanol–water partition coefficient (Wildman–Crippen LogP) is 4.46. The van der Waals surface area contributed by atoms with Gasteiger partial charge in [0.15, 0.2) is 5.79 Å². The third-order valence-corrected chi connectivity index (χ3v) is 6.08. The van der Waals surface area contributed by atoms with Gasteiger partial charge in [-0.1, -0.05) is 6.07 Å². The number of anilines is 1. The summed E-state index contributed by atoms with van der Waals surface area (Å²) in [6.07, 6.45) is 0.666. The summed E-state index contributed by atoms with van der Waals surface area (Å²) in [4.78, 5) is 25.6. The average Bonchev–Trinajstić information content (AvgIpc) is 3.21. The van der Waals surface area contributed by atoms with Crippen LogP contribution in [0.4, 0.5) is 19.7 Å². The van der Waals surface area contributed by atoms with E-state index < -0.39 is 29.7 Å². The lowest BCUT2D eigenvalue weighted by Crippen LogP contribution is -2.38. The first-order chi connectivity index (χ1) is 15.4. The van der Waals surface area contributed by atoms with Crippen molar-refractivity contribution in [3.63, 3.8) is 0 Å². The van der Waals surface area contributed by atoms with Crippen molar-refractivity contribution in [2.45, 2.75) is 89.5 Å². The van der Waals surface area contributed by atoms with Gasteiger partial charge in [0.25, 0.3) is 0 Å². The lowest BCUT2D eigenvalue weighted by molar-refractivity contribution is -0.145. The molecular weight excluding hydrogens is 431 g/mol. The first-order valence-corrected chi connectivity index (χ1v) is 11.5. The van der Waals surface area contributed by atoms with Crippen LogP contribution in [0.25, 0.3) is 0 Å². The summed E-state index contributed by atoms with van der Waals surface area (Å²) in [7, 11) is 0. The molecule has 1 aliphatic carbocycles. The Hall–Kier alpha value is -2.39. The molecule has 4 rings (SSSR count). The molecule has 2 heterocycles. The van der Waals surface area contributed by atoms with Gasteiger partial charge in [-0.25, -0.2) is 14.0 Å². The molecule has 2 amide bonds. The summed E-state index contributed by atoms with van der Waals surface area (Å²) in [5.74, 6) is -0.913. The first kappa shape index (κ1) is 23.8. The number of rotatable bonds is 4. The molecule has 0 spiro atoms. The second-order valence-corrected chi connectivity index (χ2v) is 10.4. The molecule has 1 saturated carbocycles. The number of amides is 2. The Balaban J connectivity index is 1.36. The number of nitrogens with one attached hydrogen (secondary N) is 1. The average molecular weight is 465 g/mol. The fourth-order valence-corrected chi connectivity index (χ4v) is 4.76. The van der Waals surface area contributed by atoms with Gasteiger partial charge >= 0.3 is 12.2 Å². The van der Waals surface area contributed by atoms with Crippen LogP contribution in [0, 0.1) is 5.82 Å². The van der Waals surface area contributed by atoms with Gasteiger partial charge in [0.05, 0.1) is 31.0 Å². The highest BCUT2D eigenvalue weighted by Crippen LogP contribution is 2.43. The molecule has 4 unspecified atom stereocenters. The summed E-state index contributed by atoms with van der Waals surface area (Å²) in [6.45, 7) is 9.43. The number of halogens is 1. The Morgan fingerprint density at radius 1 is 1.24 bits per heavy atom. The van der Waals surface area contributed by atoms with Crippen LogP contribution in [0.2, 0.25) is 0 Å². The Morgan fingerprint density at radius 2 is 1.97 bits per heavy atom. The number of ether oxygens (including phenoxy) is 4. The molecule has 2 saturated heterocycles. The van der Waals surface area contributed by atoms with E-state index in [0.29, 0.717) is 17.7 Å². The van der Waals surface area contributed by atoms with E-state index in [1.165, 1.54) is 11.0 Å². The van der Waals surface area contributed by atoms with Crippen LogP contribution in [0.15, 0.2) is 18.2 Å². The molecule has 33 heavy (non-hydrogen) atoms. The number of fused-ring (bicyclic) bond motifs is 1. The number of benzene rings is 1. The van der Waals surface area contributed by atoms with E-state index in [1.807, 2.05) is 13.8 Å². The Bertz CT molecular complexity index is 915. The fourth-order valence-electron chi connectivity index (χ4n) is 4.76. The van der Waals surface area contributed by atoms with Gasteiger partial charge in [0.2, 0.25) is 0 Å². The van der Waals surface area contributed by atoms with Crippen molar-refractivity contribution in [1.29, 1.82) is 0 Å². The molecule has 0 radical (unpaired) electrons. The van der Waals surface area contributed by atoms with Crippen molar-refractivity contribution < 1.29 is 32.9 Å². The third-order valence-electron chi connectivity index (χ3n) is 6.08. The molecule has 0 aromatic heterocycles.